The van der Waals surface area contributed by atoms with Crippen molar-refractivity contribution in [1.82, 2.24) is 4.90 Å². The summed E-state index contributed by atoms with van der Waals surface area (Å²) >= 11 is 0. The lowest BCUT2D eigenvalue weighted by Crippen LogP contribution is -2.34. The Hall–Kier alpha value is -1.84. The molecule has 0 saturated carbocycles. The van der Waals surface area contributed by atoms with Gasteiger partial charge in [-0.25, -0.2) is 0 Å². The number of likely N-dealkylation sites (tertiary alicyclic amines) is 1. The molecule has 1 fully saturated rings. The van der Waals surface area contributed by atoms with E-state index < -0.39 is 0 Å². The van der Waals surface area contributed by atoms with E-state index in [1.807, 2.05) is 35.2 Å². The summed E-state index contributed by atoms with van der Waals surface area (Å²) in [5.74, 6) is 0.0344. The molecule has 0 N–H and O–H groups in total. The number of oxime groups is 1. The van der Waals surface area contributed by atoms with Gasteiger partial charge in [0.15, 0.2) is 6.61 Å². The number of hydrogen-bond acceptors (Lipinski definition) is 3. The molecule has 0 aromatic heterocycles. The Morgan fingerprint density at radius 3 is 2.53 bits per heavy atom. The number of hydrogen-bond donors (Lipinski definition) is 0. The third-order valence-corrected chi connectivity index (χ3v) is 3.22. The van der Waals surface area contributed by atoms with Crippen molar-refractivity contribution in [1.29, 1.82) is 0 Å². The number of rotatable bonds is 4. The van der Waals surface area contributed by atoms with Crippen molar-refractivity contribution in [3.05, 3.63) is 35.9 Å². The van der Waals surface area contributed by atoms with E-state index in [4.69, 9.17) is 4.84 Å². The van der Waals surface area contributed by atoms with Gasteiger partial charge < -0.3 is 9.74 Å². The zero-order valence-electron chi connectivity index (χ0n) is 11.1. The van der Waals surface area contributed by atoms with Gasteiger partial charge in [0.1, 0.15) is 0 Å². The Balaban J connectivity index is 1.72. The van der Waals surface area contributed by atoms with E-state index in [-0.39, 0.29) is 12.5 Å². The molecule has 0 spiro atoms. The maximum atomic E-state index is 11.9. The van der Waals surface area contributed by atoms with Gasteiger partial charge in [-0.05, 0) is 18.4 Å². The second-order valence-electron chi connectivity index (χ2n) is 4.71. The highest BCUT2D eigenvalue weighted by atomic mass is 16.6. The molecule has 1 aliphatic heterocycles. The van der Waals surface area contributed by atoms with Crippen molar-refractivity contribution in [3.8, 4) is 0 Å². The lowest BCUT2D eigenvalue weighted by atomic mass is 10.2. The smallest absolute Gasteiger partial charge is 0.263 e. The van der Waals surface area contributed by atoms with E-state index in [9.17, 15) is 4.79 Å². The molecule has 0 radical (unpaired) electrons. The molecule has 19 heavy (non-hydrogen) atoms. The van der Waals surface area contributed by atoms with Crippen molar-refractivity contribution in [2.24, 2.45) is 5.16 Å². The van der Waals surface area contributed by atoms with Crippen molar-refractivity contribution < 1.29 is 9.63 Å². The minimum Gasteiger partial charge on any atom is -0.386 e. The van der Waals surface area contributed by atoms with Crippen LogP contribution in [0.15, 0.2) is 35.5 Å². The Labute approximate surface area is 114 Å². The summed E-state index contributed by atoms with van der Waals surface area (Å²) in [6, 6.07) is 9.68. The zero-order valence-corrected chi connectivity index (χ0v) is 11.1. The number of benzene rings is 1. The van der Waals surface area contributed by atoms with Crippen LogP contribution in [0.2, 0.25) is 0 Å². The summed E-state index contributed by atoms with van der Waals surface area (Å²) in [5.41, 5.74) is 0.963. The number of nitrogens with zero attached hydrogens (tertiary/aromatic N) is 2. The van der Waals surface area contributed by atoms with Crippen LogP contribution in [0.1, 0.15) is 31.2 Å². The molecule has 0 aliphatic carbocycles. The topological polar surface area (TPSA) is 41.9 Å². The van der Waals surface area contributed by atoms with Gasteiger partial charge in [-0.1, -0.05) is 48.3 Å². The van der Waals surface area contributed by atoms with Gasteiger partial charge in [-0.2, -0.15) is 0 Å². The van der Waals surface area contributed by atoms with Crippen molar-refractivity contribution in [2.75, 3.05) is 19.7 Å². The molecular formula is C15H20N2O2. The van der Waals surface area contributed by atoms with Gasteiger partial charge >= 0.3 is 0 Å². The van der Waals surface area contributed by atoms with Crippen LogP contribution < -0.4 is 0 Å². The average molecular weight is 260 g/mol. The third kappa shape index (κ3) is 4.73. The van der Waals surface area contributed by atoms with E-state index >= 15 is 0 Å². The molecule has 0 atom stereocenters. The maximum Gasteiger partial charge on any atom is 0.263 e. The highest BCUT2D eigenvalue weighted by Gasteiger charge is 2.15. The number of carbonyl (C=O) groups is 1. The lowest BCUT2D eigenvalue weighted by molar-refractivity contribution is -0.136. The second kappa shape index (κ2) is 7.56. The molecule has 4 nitrogen and oxygen atoms in total. The Bertz CT molecular complexity index is 409. The van der Waals surface area contributed by atoms with E-state index in [1.54, 1.807) is 6.21 Å². The fraction of sp³-hybridized carbons (Fsp3) is 0.467. The van der Waals surface area contributed by atoms with Gasteiger partial charge in [-0.3, -0.25) is 4.79 Å². The van der Waals surface area contributed by atoms with Crippen molar-refractivity contribution in [3.63, 3.8) is 0 Å². The van der Waals surface area contributed by atoms with Gasteiger partial charge in [0.05, 0.1) is 6.21 Å². The van der Waals surface area contributed by atoms with Gasteiger partial charge in [-0.15, -0.1) is 0 Å². The number of amides is 1. The second-order valence-corrected chi connectivity index (χ2v) is 4.71. The molecule has 1 aromatic rings. The normalized spacial score (nSPS) is 16.3. The molecule has 1 amide bonds. The molecule has 0 bridgehead atoms. The zero-order chi connectivity index (χ0) is 13.3. The van der Waals surface area contributed by atoms with Crippen LogP contribution in [0.25, 0.3) is 0 Å². The summed E-state index contributed by atoms with van der Waals surface area (Å²) in [5, 5.41) is 3.83. The molecule has 1 heterocycles. The highest BCUT2D eigenvalue weighted by Crippen LogP contribution is 2.09. The Morgan fingerprint density at radius 2 is 1.84 bits per heavy atom. The van der Waals surface area contributed by atoms with E-state index in [1.165, 1.54) is 12.8 Å². The molecule has 0 unspecified atom stereocenters. The molecular weight excluding hydrogens is 240 g/mol. The first-order valence-electron chi connectivity index (χ1n) is 6.84. The fourth-order valence-electron chi connectivity index (χ4n) is 2.14. The SMILES string of the molecule is O=C(CON=Cc1ccccc1)N1CCCCCC1. The van der Waals surface area contributed by atoms with Gasteiger partial charge in [0.25, 0.3) is 5.91 Å². The van der Waals surface area contributed by atoms with E-state index in [0.717, 1.165) is 31.5 Å². The largest absolute Gasteiger partial charge is 0.386 e. The molecule has 1 saturated heterocycles. The van der Waals surface area contributed by atoms with E-state index in [0.29, 0.717) is 0 Å². The molecule has 102 valence electrons. The van der Waals surface area contributed by atoms with Crippen LogP contribution >= 0.6 is 0 Å². The lowest BCUT2D eigenvalue weighted by Gasteiger charge is -2.19. The van der Waals surface area contributed by atoms with Crippen LogP contribution in [-0.4, -0.2) is 36.7 Å². The fourth-order valence-corrected chi connectivity index (χ4v) is 2.14. The minimum absolute atomic E-state index is 0.0311. The summed E-state index contributed by atoms with van der Waals surface area (Å²) in [4.78, 5) is 18.8. The van der Waals surface area contributed by atoms with Crippen molar-refractivity contribution in [2.45, 2.75) is 25.7 Å². The molecule has 4 heteroatoms. The predicted octanol–water partition coefficient (Wildman–Crippen LogP) is 2.44. The molecule has 2 rings (SSSR count). The monoisotopic (exact) mass is 260 g/mol. The minimum atomic E-state index is 0.0311. The van der Waals surface area contributed by atoms with E-state index in [2.05, 4.69) is 5.16 Å². The first-order valence-corrected chi connectivity index (χ1v) is 6.84. The standard InChI is InChI=1S/C15H20N2O2/c18-15(17-10-6-1-2-7-11-17)13-19-16-12-14-8-4-3-5-9-14/h3-5,8-9,12H,1-2,6-7,10-11,13H2. The summed E-state index contributed by atoms with van der Waals surface area (Å²) < 4.78 is 0. The van der Waals surface area contributed by atoms with Crippen molar-refractivity contribution >= 4 is 12.1 Å². The third-order valence-electron chi connectivity index (χ3n) is 3.22. The quantitative estimate of drug-likeness (QED) is 0.616. The van der Waals surface area contributed by atoms with Gasteiger partial charge in [0.2, 0.25) is 0 Å². The first kappa shape index (κ1) is 13.6. The van der Waals surface area contributed by atoms with Crippen LogP contribution in [0, 0.1) is 0 Å². The number of carbonyl (C=O) groups excluding carboxylic acids is 1. The Morgan fingerprint density at radius 1 is 1.16 bits per heavy atom. The van der Waals surface area contributed by atoms with Crippen LogP contribution in [0.4, 0.5) is 0 Å². The highest BCUT2D eigenvalue weighted by molar-refractivity contribution is 5.79. The molecule has 1 aliphatic rings. The average Bonchev–Trinajstić information content (AvgIpc) is 2.73. The Kier molecular flexibility index (Phi) is 5.41. The summed E-state index contributed by atoms with van der Waals surface area (Å²) in [6.45, 7) is 1.73. The summed E-state index contributed by atoms with van der Waals surface area (Å²) in [6.07, 6.45) is 6.25. The predicted molar refractivity (Wildman–Crippen MR) is 75.0 cm³/mol. The van der Waals surface area contributed by atoms with Crippen LogP contribution in [0.5, 0.6) is 0 Å². The van der Waals surface area contributed by atoms with Gasteiger partial charge in [0, 0.05) is 13.1 Å². The maximum absolute atomic E-state index is 11.9. The van der Waals surface area contributed by atoms with Crippen LogP contribution in [-0.2, 0) is 9.63 Å². The first-order chi connectivity index (χ1) is 9.36. The van der Waals surface area contributed by atoms with Crippen LogP contribution in [0.3, 0.4) is 0 Å². The summed E-state index contributed by atoms with van der Waals surface area (Å²) in [7, 11) is 0. The molecule has 1 aromatic carbocycles.